The maximum absolute atomic E-state index is 13.1. The molecule has 2 rings (SSSR count). The molecule has 0 spiro atoms. The van der Waals surface area contributed by atoms with E-state index in [1.807, 2.05) is 6.92 Å². The van der Waals surface area contributed by atoms with Crippen LogP contribution < -0.4 is 16.0 Å². The van der Waals surface area contributed by atoms with Gasteiger partial charge in [-0.1, -0.05) is 19.1 Å². The van der Waals surface area contributed by atoms with Crippen LogP contribution in [0.25, 0.3) is 0 Å². The first-order valence-corrected chi connectivity index (χ1v) is 10.1. The predicted octanol–water partition coefficient (Wildman–Crippen LogP) is 2.90. The van der Waals surface area contributed by atoms with Crippen molar-refractivity contribution in [2.45, 2.75) is 26.2 Å². The molecule has 3 N–H and O–H groups in total. The first-order chi connectivity index (χ1) is 13.1. The van der Waals surface area contributed by atoms with Crippen LogP contribution in [0.4, 0.5) is 4.39 Å². The summed E-state index contributed by atoms with van der Waals surface area (Å²) < 4.78 is 13.1. The SMILES string of the molecule is CCNC(=NCC(C)c1ccsc1)NCCNC(=O)Cc1cccc(F)c1. The minimum Gasteiger partial charge on any atom is -0.357 e. The van der Waals surface area contributed by atoms with Gasteiger partial charge in [-0.2, -0.15) is 11.3 Å². The van der Waals surface area contributed by atoms with Gasteiger partial charge in [-0.3, -0.25) is 9.79 Å². The number of hydrogen-bond acceptors (Lipinski definition) is 3. The first-order valence-electron chi connectivity index (χ1n) is 9.14. The second-order valence-electron chi connectivity index (χ2n) is 6.26. The number of thiophene rings is 1. The summed E-state index contributed by atoms with van der Waals surface area (Å²) in [5, 5.41) is 13.5. The molecule has 0 bridgehead atoms. The van der Waals surface area contributed by atoms with Gasteiger partial charge in [0.05, 0.1) is 6.42 Å². The zero-order valence-corrected chi connectivity index (χ0v) is 16.6. The largest absolute Gasteiger partial charge is 0.357 e. The average Bonchev–Trinajstić information content (AvgIpc) is 3.17. The summed E-state index contributed by atoms with van der Waals surface area (Å²) in [4.78, 5) is 16.5. The molecule has 146 valence electrons. The van der Waals surface area contributed by atoms with Crippen molar-refractivity contribution in [1.29, 1.82) is 0 Å². The van der Waals surface area contributed by atoms with Crippen molar-refractivity contribution in [2.24, 2.45) is 4.99 Å². The molecular formula is C20H27FN4OS. The van der Waals surface area contributed by atoms with Crippen LogP contribution in [0, 0.1) is 5.82 Å². The molecule has 2 aromatic rings. The third-order valence-corrected chi connectivity index (χ3v) is 4.67. The Labute approximate surface area is 164 Å². The fourth-order valence-electron chi connectivity index (χ4n) is 2.51. The van der Waals surface area contributed by atoms with Crippen LogP contribution in [-0.4, -0.2) is 38.0 Å². The molecule has 0 aliphatic heterocycles. The first kappa shape index (κ1) is 20.9. The topological polar surface area (TPSA) is 65.5 Å². The molecule has 27 heavy (non-hydrogen) atoms. The van der Waals surface area contributed by atoms with E-state index in [-0.39, 0.29) is 18.1 Å². The van der Waals surface area contributed by atoms with E-state index >= 15 is 0 Å². The number of rotatable bonds is 9. The van der Waals surface area contributed by atoms with Crippen LogP contribution >= 0.6 is 11.3 Å². The van der Waals surface area contributed by atoms with E-state index < -0.39 is 0 Å². The highest BCUT2D eigenvalue weighted by Gasteiger charge is 2.07. The van der Waals surface area contributed by atoms with Crippen LogP contribution in [0.5, 0.6) is 0 Å². The molecule has 0 aliphatic carbocycles. The molecule has 1 amide bonds. The Morgan fingerprint density at radius 1 is 1.22 bits per heavy atom. The van der Waals surface area contributed by atoms with E-state index in [4.69, 9.17) is 0 Å². The van der Waals surface area contributed by atoms with Crippen molar-refractivity contribution in [3.63, 3.8) is 0 Å². The standard InChI is InChI=1S/C20H27FN4OS/c1-3-22-20(25-13-15(2)17-7-10-27-14-17)24-9-8-23-19(26)12-16-5-4-6-18(21)11-16/h4-7,10-11,14-15H,3,8-9,12-13H2,1-2H3,(H,23,26)(H2,22,24,25). The Morgan fingerprint density at radius 2 is 2.04 bits per heavy atom. The molecule has 7 heteroatoms. The van der Waals surface area contributed by atoms with Gasteiger partial charge in [-0.05, 0) is 47.0 Å². The molecule has 0 saturated carbocycles. The van der Waals surface area contributed by atoms with Crippen LogP contribution in [0.3, 0.4) is 0 Å². The van der Waals surface area contributed by atoms with Crippen LogP contribution in [0.1, 0.15) is 30.9 Å². The lowest BCUT2D eigenvalue weighted by Crippen LogP contribution is -2.42. The van der Waals surface area contributed by atoms with Gasteiger partial charge in [0.1, 0.15) is 5.82 Å². The van der Waals surface area contributed by atoms with Gasteiger partial charge < -0.3 is 16.0 Å². The maximum Gasteiger partial charge on any atom is 0.224 e. The van der Waals surface area contributed by atoms with Gasteiger partial charge in [0, 0.05) is 32.1 Å². The number of amides is 1. The highest BCUT2D eigenvalue weighted by atomic mass is 32.1. The number of hydrogen-bond donors (Lipinski definition) is 3. The van der Waals surface area contributed by atoms with Crippen LogP contribution in [0.15, 0.2) is 46.1 Å². The number of nitrogens with zero attached hydrogens (tertiary/aromatic N) is 1. The number of carbonyl (C=O) groups excluding carboxylic acids is 1. The summed E-state index contributed by atoms with van der Waals surface area (Å²) in [6.45, 7) is 6.66. The Hall–Kier alpha value is -2.41. The zero-order chi connectivity index (χ0) is 19.5. The van der Waals surface area contributed by atoms with Gasteiger partial charge in [0.15, 0.2) is 5.96 Å². The molecule has 1 unspecified atom stereocenters. The molecule has 1 atom stereocenters. The Bertz CT molecular complexity index is 733. The fourth-order valence-corrected chi connectivity index (χ4v) is 3.29. The molecular weight excluding hydrogens is 363 g/mol. The van der Waals surface area contributed by atoms with Crippen molar-refractivity contribution >= 4 is 23.2 Å². The van der Waals surface area contributed by atoms with Crippen molar-refractivity contribution in [3.8, 4) is 0 Å². The van der Waals surface area contributed by atoms with E-state index in [0.29, 0.717) is 31.1 Å². The quantitative estimate of drug-likeness (QED) is 0.350. The van der Waals surface area contributed by atoms with Gasteiger partial charge in [-0.15, -0.1) is 0 Å². The number of benzene rings is 1. The van der Waals surface area contributed by atoms with Gasteiger partial charge in [-0.25, -0.2) is 4.39 Å². The van der Waals surface area contributed by atoms with Crippen molar-refractivity contribution in [2.75, 3.05) is 26.2 Å². The molecule has 1 aromatic heterocycles. The average molecular weight is 391 g/mol. The van der Waals surface area contributed by atoms with Gasteiger partial charge in [0.2, 0.25) is 5.91 Å². The third-order valence-electron chi connectivity index (χ3n) is 3.97. The molecule has 0 saturated heterocycles. The molecule has 1 aromatic carbocycles. The summed E-state index contributed by atoms with van der Waals surface area (Å²) in [6, 6.07) is 8.22. The lowest BCUT2D eigenvalue weighted by molar-refractivity contribution is -0.120. The lowest BCUT2D eigenvalue weighted by atomic mass is 10.1. The summed E-state index contributed by atoms with van der Waals surface area (Å²) in [5.74, 6) is 0.636. The smallest absolute Gasteiger partial charge is 0.224 e. The molecule has 0 aliphatic rings. The minimum atomic E-state index is -0.329. The predicted molar refractivity (Wildman–Crippen MR) is 110 cm³/mol. The number of nitrogens with one attached hydrogen (secondary N) is 3. The third kappa shape index (κ3) is 7.78. The van der Waals surface area contributed by atoms with Crippen molar-refractivity contribution in [1.82, 2.24) is 16.0 Å². The number of aliphatic imine (C=N–C) groups is 1. The van der Waals surface area contributed by atoms with Crippen LogP contribution in [0.2, 0.25) is 0 Å². The maximum atomic E-state index is 13.1. The molecule has 5 nitrogen and oxygen atoms in total. The van der Waals surface area contributed by atoms with E-state index in [9.17, 15) is 9.18 Å². The summed E-state index contributed by atoms with van der Waals surface area (Å²) >= 11 is 1.69. The van der Waals surface area contributed by atoms with Crippen molar-refractivity contribution < 1.29 is 9.18 Å². The fraction of sp³-hybridized carbons (Fsp3) is 0.400. The number of halogens is 1. The van der Waals surface area contributed by atoms with E-state index in [1.54, 1.807) is 23.5 Å². The highest BCUT2D eigenvalue weighted by Crippen LogP contribution is 2.18. The Kier molecular flexibility index (Phi) is 8.77. The Morgan fingerprint density at radius 3 is 2.74 bits per heavy atom. The number of guanidine groups is 1. The van der Waals surface area contributed by atoms with E-state index in [1.165, 1.54) is 17.7 Å². The van der Waals surface area contributed by atoms with Crippen LogP contribution in [-0.2, 0) is 11.2 Å². The molecule has 0 radical (unpaired) electrons. The normalized spacial score (nSPS) is 12.5. The van der Waals surface area contributed by atoms with Gasteiger partial charge in [0.25, 0.3) is 0 Å². The minimum absolute atomic E-state index is 0.129. The van der Waals surface area contributed by atoms with Crippen molar-refractivity contribution in [3.05, 3.63) is 58.0 Å². The van der Waals surface area contributed by atoms with E-state index in [0.717, 1.165) is 12.5 Å². The summed E-state index contributed by atoms with van der Waals surface area (Å²) in [7, 11) is 0. The lowest BCUT2D eigenvalue weighted by Gasteiger charge is -2.13. The second kappa shape index (κ2) is 11.3. The zero-order valence-electron chi connectivity index (χ0n) is 15.8. The summed E-state index contributed by atoms with van der Waals surface area (Å²) in [5.41, 5.74) is 1.96. The van der Waals surface area contributed by atoms with Gasteiger partial charge >= 0.3 is 0 Å². The monoisotopic (exact) mass is 390 g/mol. The second-order valence-corrected chi connectivity index (χ2v) is 7.04. The Balaban J connectivity index is 1.72. The molecule has 0 fully saturated rings. The van der Waals surface area contributed by atoms with E-state index in [2.05, 4.69) is 44.7 Å². The molecule has 1 heterocycles. The highest BCUT2D eigenvalue weighted by molar-refractivity contribution is 7.07. The number of carbonyl (C=O) groups is 1. The summed E-state index contributed by atoms with van der Waals surface area (Å²) in [6.07, 6.45) is 0.171.